The Morgan fingerprint density at radius 2 is 2.00 bits per heavy atom. The molecule has 0 unspecified atom stereocenters. The number of allylic oxidation sites excluding steroid dienone is 1. The lowest BCUT2D eigenvalue weighted by Gasteiger charge is -1.81. The molecule has 0 spiro atoms. The summed E-state index contributed by atoms with van der Waals surface area (Å²) in [6.07, 6.45) is 5.72. The predicted octanol–water partition coefficient (Wildman–Crippen LogP) is 3.01. The molecule has 0 aliphatic carbocycles. The van der Waals surface area contributed by atoms with Gasteiger partial charge in [0.15, 0.2) is 0 Å². The van der Waals surface area contributed by atoms with Crippen molar-refractivity contribution >= 4 is 5.97 Å². The van der Waals surface area contributed by atoms with Gasteiger partial charge in [0.25, 0.3) is 0 Å². The molecule has 0 rings (SSSR count). The van der Waals surface area contributed by atoms with Crippen molar-refractivity contribution in [1.82, 2.24) is 0 Å². The van der Waals surface area contributed by atoms with Crippen molar-refractivity contribution < 1.29 is 9.90 Å². The second-order valence-electron chi connectivity index (χ2n) is 2.52. The molecule has 0 saturated carbocycles. The third-order valence-electron chi connectivity index (χ3n) is 1.13. The average Bonchev–Trinajstić information content (AvgIpc) is 2.02. The number of hydrogen-bond acceptors (Lipinski definition) is 1. The molecule has 0 aromatic carbocycles. The fourth-order valence-corrected chi connectivity index (χ4v) is 0.348. The van der Waals surface area contributed by atoms with Crippen LogP contribution in [0.1, 0.15) is 33.1 Å². The van der Waals surface area contributed by atoms with Crippen LogP contribution in [0.25, 0.3) is 0 Å². The minimum Gasteiger partial charge on any atom is -0.478 e. The van der Waals surface area contributed by atoms with E-state index in [1.54, 1.807) is 0 Å². The van der Waals surface area contributed by atoms with Crippen LogP contribution in [0.3, 0.4) is 0 Å². The molecule has 0 atom stereocenters. The number of hydrogen-bond donors (Lipinski definition) is 1. The molecule has 0 aromatic rings. The average molecular weight is 170 g/mol. The van der Waals surface area contributed by atoms with Crippen LogP contribution < -0.4 is 0 Å². The van der Waals surface area contributed by atoms with Gasteiger partial charge in [0, 0.05) is 5.57 Å². The van der Waals surface area contributed by atoms with Crippen molar-refractivity contribution in [2.24, 2.45) is 0 Å². The summed E-state index contributed by atoms with van der Waals surface area (Å²) in [5.74, 6) is -0.935. The van der Waals surface area contributed by atoms with Crippen molar-refractivity contribution in [3.63, 3.8) is 0 Å². The first-order valence-corrected chi connectivity index (χ1v) is 4.05. The zero-order valence-electron chi connectivity index (χ0n) is 7.97. The van der Waals surface area contributed by atoms with Crippen LogP contribution in [0.5, 0.6) is 0 Å². The quantitative estimate of drug-likeness (QED) is 0.400. The van der Waals surface area contributed by atoms with Crippen LogP contribution >= 0.6 is 0 Å². The molecule has 0 aromatic heterocycles. The molecule has 0 saturated heterocycles. The molecular weight excluding hydrogens is 152 g/mol. The lowest BCUT2D eigenvalue weighted by atomic mass is 10.3. The Labute approximate surface area is 74.6 Å². The van der Waals surface area contributed by atoms with Crippen molar-refractivity contribution in [3.05, 3.63) is 24.8 Å². The van der Waals surface area contributed by atoms with E-state index in [0.29, 0.717) is 0 Å². The van der Waals surface area contributed by atoms with Gasteiger partial charge < -0.3 is 5.11 Å². The van der Waals surface area contributed by atoms with Gasteiger partial charge in [-0.3, -0.25) is 0 Å². The summed E-state index contributed by atoms with van der Waals surface area (Å²) in [4.78, 5) is 9.60. The number of carboxylic acid groups (broad SMARTS) is 1. The standard InChI is InChI=1S/C6H12.C4H6O2/c1-3-5-6-4-2;1-3(2)4(5)6/h3H,1,4-6H2,2H3;1H2,2H3,(H,5,6). The zero-order chi connectivity index (χ0) is 9.98. The number of rotatable bonds is 4. The van der Waals surface area contributed by atoms with Gasteiger partial charge in [-0.15, -0.1) is 6.58 Å². The Morgan fingerprint density at radius 1 is 1.58 bits per heavy atom. The first-order valence-electron chi connectivity index (χ1n) is 4.05. The SMILES string of the molecule is C=C(C)C(=O)O.C=CCCCC. The zero-order valence-corrected chi connectivity index (χ0v) is 7.97. The van der Waals surface area contributed by atoms with Crippen LogP contribution in [0, 0.1) is 0 Å². The van der Waals surface area contributed by atoms with Crippen LogP contribution in [0.4, 0.5) is 0 Å². The van der Waals surface area contributed by atoms with Gasteiger partial charge in [0.1, 0.15) is 0 Å². The lowest BCUT2D eigenvalue weighted by Crippen LogP contribution is -1.92. The summed E-state index contributed by atoms with van der Waals surface area (Å²) in [6, 6.07) is 0. The number of aliphatic carboxylic acids is 1. The van der Waals surface area contributed by atoms with Crippen molar-refractivity contribution in [3.8, 4) is 0 Å². The molecule has 0 radical (unpaired) electrons. The largest absolute Gasteiger partial charge is 0.478 e. The van der Waals surface area contributed by atoms with E-state index in [1.807, 2.05) is 6.08 Å². The molecular formula is C10H18O2. The van der Waals surface area contributed by atoms with E-state index >= 15 is 0 Å². The van der Waals surface area contributed by atoms with E-state index in [0.717, 1.165) is 0 Å². The van der Waals surface area contributed by atoms with Gasteiger partial charge in [-0.05, 0) is 13.3 Å². The van der Waals surface area contributed by atoms with Crippen LogP contribution in [0.2, 0.25) is 0 Å². The fourth-order valence-electron chi connectivity index (χ4n) is 0.348. The minimum absolute atomic E-state index is 0.176. The van der Waals surface area contributed by atoms with E-state index in [4.69, 9.17) is 5.11 Å². The molecule has 70 valence electrons. The molecule has 12 heavy (non-hydrogen) atoms. The van der Waals surface area contributed by atoms with Crippen molar-refractivity contribution in [2.45, 2.75) is 33.1 Å². The predicted molar refractivity (Wildman–Crippen MR) is 52.2 cm³/mol. The Hall–Kier alpha value is -1.05. The maximum atomic E-state index is 9.60. The highest BCUT2D eigenvalue weighted by Crippen LogP contribution is 1.91. The lowest BCUT2D eigenvalue weighted by molar-refractivity contribution is -0.132. The summed E-state index contributed by atoms with van der Waals surface area (Å²) in [5.41, 5.74) is 0.176. The summed E-state index contributed by atoms with van der Waals surface area (Å²) >= 11 is 0. The number of unbranched alkanes of at least 4 members (excludes halogenated alkanes) is 2. The van der Waals surface area contributed by atoms with E-state index in [1.165, 1.54) is 26.2 Å². The van der Waals surface area contributed by atoms with E-state index in [9.17, 15) is 4.79 Å². The molecule has 0 heterocycles. The third kappa shape index (κ3) is 16.0. The highest BCUT2D eigenvalue weighted by molar-refractivity contribution is 5.84. The van der Waals surface area contributed by atoms with Crippen LogP contribution in [0.15, 0.2) is 24.8 Å². The summed E-state index contributed by atoms with van der Waals surface area (Å²) in [7, 11) is 0. The first kappa shape index (κ1) is 13.5. The molecule has 2 heteroatoms. The van der Waals surface area contributed by atoms with Crippen molar-refractivity contribution in [1.29, 1.82) is 0 Å². The van der Waals surface area contributed by atoms with Gasteiger partial charge in [-0.25, -0.2) is 4.79 Å². The summed E-state index contributed by atoms with van der Waals surface area (Å²) in [6.45, 7) is 10.4. The molecule has 0 amide bonds. The smallest absolute Gasteiger partial charge is 0.330 e. The van der Waals surface area contributed by atoms with Gasteiger partial charge in [0.2, 0.25) is 0 Å². The van der Waals surface area contributed by atoms with Crippen LogP contribution in [-0.2, 0) is 4.79 Å². The molecule has 0 aliphatic rings. The summed E-state index contributed by atoms with van der Waals surface area (Å²) in [5, 5.41) is 7.89. The highest BCUT2D eigenvalue weighted by atomic mass is 16.4. The highest BCUT2D eigenvalue weighted by Gasteiger charge is 1.90. The third-order valence-corrected chi connectivity index (χ3v) is 1.13. The number of carboxylic acids is 1. The Morgan fingerprint density at radius 3 is 2.08 bits per heavy atom. The normalized spacial score (nSPS) is 7.83. The molecule has 0 bridgehead atoms. The molecule has 1 N–H and O–H groups in total. The second kappa shape index (κ2) is 9.95. The van der Waals surface area contributed by atoms with Gasteiger partial charge in [-0.1, -0.05) is 32.4 Å². The first-order chi connectivity index (χ1) is 5.56. The van der Waals surface area contributed by atoms with E-state index in [2.05, 4.69) is 20.1 Å². The maximum absolute atomic E-state index is 9.60. The molecule has 0 aliphatic heterocycles. The van der Waals surface area contributed by atoms with Crippen molar-refractivity contribution in [2.75, 3.05) is 0 Å². The van der Waals surface area contributed by atoms with Gasteiger partial charge >= 0.3 is 5.97 Å². The van der Waals surface area contributed by atoms with Gasteiger partial charge in [-0.2, -0.15) is 0 Å². The molecule has 2 nitrogen and oxygen atoms in total. The summed E-state index contributed by atoms with van der Waals surface area (Å²) < 4.78 is 0. The monoisotopic (exact) mass is 170 g/mol. The Kier molecular flexibility index (Phi) is 11.2. The van der Waals surface area contributed by atoms with Gasteiger partial charge in [0.05, 0.1) is 0 Å². The maximum Gasteiger partial charge on any atom is 0.330 e. The Balaban J connectivity index is 0. The minimum atomic E-state index is -0.935. The fraction of sp³-hybridized carbons (Fsp3) is 0.500. The topological polar surface area (TPSA) is 37.3 Å². The Bertz CT molecular complexity index is 136. The molecule has 0 fully saturated rings. The second-order valence-corrected chi connectivity index (χ2v) is 2.52. The van der Waals surface area contributed by atoms with E-state index < -0.39 is 5.97 Å². The van der Waals surface area contributed by atoms with E-state index in [-0.39, 0.29) is 5.57 Å². The van der Waals surface area contributed by atoms with Crippen LogP contribution in [-0.4, -0.2) is 11.1 Å². The number of carbonyl (C=O) groups is 1.